The number of carbonyl (C=O) groups is 2. The van der Waals surface area contributed by atoms with Crippen LogP contribution in [-0.2, 0) is 14.3 Å². The Hall–Kier alpha value is -1.95. The van der Waals surface area contributed by atoms with Crippen LogP contribution in [-0.4, -0.2) is 17.4 Å². The van der Waals surface area contributed by atoms with Crippen molar-refractivity contribution in [2.24, 2.45) is 11.5 Å². The number of hydrogen-bond acceptors (Lipinski definition) is 3. The molecular weight excluding hydrogens is 215 g/mol. The fraction of sp³-hybridized carbons (Fsp3) is 0.200. The van der Waals surface area contributed by atoms with Crippen molar-refractivity contribution in [3.8, 4) is 0 Å². The topological polar surface area (TPSA) is 98.7 Å². The first-order chi connectivity index (χ1) is 7.48. The summed E-state index contributed by atoms with van der Waals surface area (Å²) in [7, 11) is 0. The van der Waals surface area contributed by atoms with Crippen LogP contribution in [0.1, 0.15) is 11.7 Å². The Morgan fingerprint density at radius 1 is 1.19 bits per heavy atom. The number of carbonyl (C=O) groups excluding carboxylic acids is 2. The van der Waals surface area contributed by atoms with E-state index in [2.05, 4.69) is 0 Å². The highest BCUT2D eigenvalue weighted by molar-refractivity contribution is 6.10. The van der Waals surface area contributed by atoms with E-state index < -0.39 is 29.3 Å². The minimum absolute atomic E-state index is 0.423. The van der Waals surface area contributed by atoms with Crippen LogP contribution in [0.25, 0.3) is 0 Å². The molecule has 1 heterocycles. The average Bonchev–Trinajstić information content (AvgIpc) is 2.95. The van der Waals surface area contributed by atoms with Gasteiger partial charge in [-0.05, 0) is 17.7 Å². The quantitative estimate of drug-likeness (QED) is 0.540. The van der Waals surface area contributed by atoms with Gasteiger partial charge in [0.2, 0.25) is 0 Å². The van der Waals surface area contributed by atoms with Crippen LogP contribution in [0.15, 0.2) is 24.3 Å². The summed E-state index contributed by atoms with van der Waals surface area (Å²) >= 11 is 0. The molecule has 1 aromatic rings. The van der Waals surface area contributed by atoms with Crippen molar-refractivity contribution in [2.45, 2.75) is 11.7 Å². The van der Waals surface area contributed by atoms with Crippen molar-refractivity contribution in [3.63, 3.8) is 0 Å². The molecule has 0 spiro atoms. The zero-order chi connectivity index (χ0) is 11.9. The van der Waals surface area contributed by atoms with Crippen LogP contribution >= 0.6 is 0 Å². The first kappa shape index (κ1) is 10.6. The van der Waals surface area contributed by atoms with Crippen molar-refractivity contribution >= 4 is 11.8 Å². The van der Waals surface area contributed by atoms with Gasteiger partial charge >= 0.3 is 0 Å². The highest BCUT2D eigenvalue weighted by Crippen LogP contribution is 2.49. The van der Waals surface area contributed by atoms with Crippen molar-refractivity contribution in [1.82, 2.24) is 0 Å². The summed E-state index contributed by atoms with van der Waals surface area (Å²) in [5.74, 6) is -2.29. The summed E-state index contributed by atoms with van der Waals surface area (Å²) in [5, 5.41) is 0. The third kappa shape index (κ3) is 1.35. The Morgan fingerprint density at radius 3 is 2.06 bits per heavy atom. The highest BCUT2D eigenvalue weighted by atomic mass is 19.1. The second-order valence-corrected chi connectivity index (χ2v) is 3.51. The smallest absolute Gasteiger partial charge is 0.262 e. The molecule has 1 aromatic carbocycles. The van der Waals surface area contributed by atoms with Crippen LogP contribution < -0.4 is 11.5 Å². The molecule has 6 heteroatoms. The normalized spacial score (nSPS) is 21.4. The van der Waals surface area contributed by atoms with E-state index in [1.54, 1.807) is 0 Å². The first-order valence-electron chi connectivity index (χ1n) is 4.51. The van der Waals surface area contributed by atoms with Crippen LogP contribution in [0.5, 0.6) is 0 Å². The molecule has 0 saturated carbocycles. The van der Waals surface area contributed by atoms with E-state index in [0.717, 1.165) is 0 Å². The van der Waals surface area contributed by atoms with E-state index in [-0.39, 0.29) is 0 Å². The molecular formula is C10H9FN2O3. The molecule has 0 unspecified atom stereocenters. The van der Waals surface area contributed by atoms with E-state index in [9.17, 15) is 14.0 Å². The molecule has 0 aliphatic carbocycles. The lowest BCUT2D eigenvalue weighted by molar-refractivity contribution is -0.133. The van der Waals surface area contributed by atoms with E-state index in [1.807, 2.05) is 0 Å². The van der Waals surface area contributed by atoms with Crippen molar-refractivity contribution in [3.05, 3.63) is 35.6 Å². The molecule has 5 nitrogen and oxygen atoms in total. The van der Waals surface area contributed by atoms with Gasteiger partial charge in [-0.1, -0.05) is 12.1 Å². The Bertz CT molecular complexity index is 444. The Kier molecular flexibility index (Phi) is 2.16. The van der Waals surface area contributed by atoms with E-state index in [0.29, 0.717) is 5.56 Å². The summed E-state index contributed by atoms with van der Waals surface area (Å²) in [6.07, 6.45) is -0.817. The minimum Gasteiger partial charge on any atom is -0.367 e. The number of rotatable bonds is 3. The molecule has 2 rings (SSSR count). The van der Waals surface area contributed by atoms with Gasteiger partial charge in [-0.15, -0.1) is 0 Å². The SMILES string of the molecule is NC(=O)C1(C(N)=O)O[C@@H]1c1ccc(F)cc1. The predicted molar refractivity (Wildman–Crippen MR) is 51.3 cm³/mol. The lowest BCUT2D eigenvalue weighted by Gasteiger charge is -2.03. The van der Waals surface area contributed by atoms with Crippen molar-refractivity contribution in [2.75, 3.05) is 0 Å². The van der Waals surface area contributed by atoms with Gasteiger partial charge in [-0.25, -0.2) is 4.39 Å². The predicted octanol–water partition coefficient (Wildman–Crippen LogP) is -0.394. The lowest BCUT2D eigenvalue weighted by Crippen LogP contribution is -2.44. The summed E-state index contributed by atoms with van der Waals surface area (Å²) in [6.45, 7) is 0. The number of nitrogens with two attached hydrogens (primary N) is 2. The second-order valence-electron chi connectivity index (χ2n) is 3.51. The van der Waals surface area contributed by atoms with Gasteiger partial charge in [0.15, 0.2) is 0 Å². The van der Waals surface area contributed by atoms with E-state index in [1.165, 1.54) is 24.3 Å². The van der Waals surface area contributed by atoms with Gasteiger partial charge in [0.05, 0.1) is 0 Å². The summed E-state index contributed by atoms with van der Waals surface area (Å²) in [6, 6.07) is 5.22. The number of primary amides is 2. The molecule has 1 aliphatic heterocycles. The summed E-state index contributed by atoms with van der Waals surface area (Å²) in [4.78, 5) is 22.2. The second kappa shape index (κ2) is 3.28. The largest absolute Gasteiger partial charge is 0.367 e. The number of epoxide rings is 1. The van der Waals surface area contributed by atoms with Crippen LogP contribution in [0.4, 0.5) is 4.39 Å². The molecule has 1 saturated heterocycles. The molecule has 1 aliphatic rings. The maximum Gasteiger partial charge on any atom is 0.262 e. The highest BCUT2D eigenvalue weighted by Gasteiger charge is 2.67. The van der Waals surface area contributed by atoms with Gasteiger partial charge in [0.25, 0.3) is 17.4 Å². The van der Waals surface area contributed by atoms with E-state index in [4.69, 9.17) is 16.2 Å². The number of halogens is 1. The molecule has 84 valence electrons. The first-order valence-corrected chi connectivity index (χ1v) is 4.51. The standard InChI is InChI=1S/C10H9FN2O3/c11-6-3-1-5(2-4-6)7-10(16-7,8(12)14)9(13)15/h1-4,7H,(H2,12,14)(H2,13,15)/t7-/m1/s1. The van der Waals surface area contributed by atoms with Gasteiger partial charge in [-0.2, -0.15) is 0 Å². The molecule has 1 atom stereocenters. The van der Waals surface area contributed by atoms with Gasteiger partial charge in [-0.3, -0.25) is 9.59 Å². The van der Waals surface area contributed by atoms with Gasteiger partial charge in [0, 0.05) is 0 Å². The van der Waals surface area contributed by atoms with Crippen molar-refractivity contribution in [1.29, 1.82) is 0 Å². The molecule has 0 radical (unpaired) electrons. The van der Waals surface area contributed by atoms with Crippen LogP contribution in [0.2, 0.25) is 0 Å². The summed E-state index contributed by atoms with van der Waals surface area (Å²) < 4.78 is 17.6. The van der Waals surface area contributed by atoms with Crippen molar-refractivity contribution < 1.29 is 18.7 Å². The zero-order valence-corrected chi connectivity index (χ0v) is 8.14. The fourth-order valence-corrected chi connectivity index (χ4v) is 1.59. The molecule has 16 heavy (non-hydrogen) atoms. The van der Waals surface area contributed by atoms with Gasteiger partial charge < -0.3 is 16.2 Å². The summed E-state index contributed by atoms with van der Waals surface area (Å²) in [5.41, 5.74) is 8.81. The van der Waals surface area contributed by atoms with Crippen LogP contribution in [0, 0.1) is 5.82 Å². The fourth-order valence-electron chi connectivity index (χ4n) is 1.59. The number of hydrogen-bond donors (Lipinski definition) is 2. The number of amides is 2. The number of benzene rings is 1. The minimum atomic E-state index is -1.78. The molecule has 4 N–H and O–H groups in total. The molecule has 1 fully saturated rings. The Labute approximate surface area is 90.2 Å². The number of ether oxygens (including phenoxy) is 1. The molecule has 0 bridgehead atoms. The lowest BCUT2D eigenvalue weighted by atomic mass is 9.98. The third-order valence-corrected chi connectivity index (χ3v) is 2.52. The monoisotopic (exact) mass is 224 g/mol. The Morgan fingerprint density at radius 2 is 1.69 bits per heavy atom. The maximum absolute atomic E-state index is 12.7. The molecule has 0 aromatic heterocycles. The Balaban J connectivity index is 2.30. The van der Waals surface area contributed by atoms with Gasteiger partial charge in [0.1, 0.15) is 11.9 Å². The zero-order valence-electron chi connectivity index (χ0n) is 8.14. The van der Waals surface area contributed by atoms with E-state index >= 15 is 0 Å². The third-order valence-electron chi connectivity index (χ3n) is 2.52. The molecule has 2 amide bonds. The maximum atomic E-state index is 12.7. The van der Waals surface area contributed by atoms with Crippen LogP contribution in [0.3, 0.4) is 0 Å². The average molecular weight is 224 g/mol.